The fourth-order valence-corrected chi connectivity index (χ4v) is 7.31. The van der Waals surface area contributed by atoms with Crippen LogP contribution in [-0.2, 0) is 17.6 Å². The van der Waals surface area contributed by atoms with Gasteiger partial charge in [0.2, 0.25) is 0 Å². The van der Waals surface area contributed by atoms with Gasteiger partial charge >= 0.3 is 0 Å². The summed E-state index contributed by atoms with van der Waals surface area (Å²) in [7, 11) is 3.16. The van der Waals surface area contributed by atoms with Crippen LogP contribution in [0.25, 0.3) is 0 Å². The van der Waals surface area contributed by atoms with E-state index in [2.05, 4.69) is 11.0 Å². The van der Waals surface area contributed by atoms with E-state index in [-0.39, 0.29) is 5.78 Å². The summed E-state index contributed by atoms with van der Waals surface area (Å²) < 4.78 is 10.9. The third-order valence-electron chi connectivity index (χ3n) is 7.43. The van der Waals surface area contributed by atoms with E-state index >= 15 is 0 Å². The van der Waals surface area contributed by atoms with Crippen LogP contribution in [0.1, 0.15) is 59.6 Å². The molecule has 0 bridgehead atoms. The van der Waals surface area contributed by atoms with Gasteiger partial charge in [-0.3, -0.25) is 9.69 Å². The van der Waals surface area contributed by atoms with Crippen LogP contribution in [0, 0.1) is 11.3 Å². The number of amidine groups is 1. The average molecular weight is 487 g/mol. The van der Waals surface area contributed by atoms with Crippen LogP contribution in [0.3, 0.4) is 0 Å². The lowest BCUT2D eigenvalue weighted by Crippen LogP contribution is -2.38. The van der Waals surface area contributed by atoms with Crippen molar-refractivity contribution in [3.63, 3.8) is 0 Å². The van der Waals surface area contributed by atoms with E-state index in [1.54, 1.807) is 25.6 Å². The minimum atomic E-state index is -0.526. The number of aryl methyl sites for hydroxylation is 1. The van der Waals surface area contributed by atoms with Crippen molar-refractivity contribution in [3.05, 3.63) is 62.4 Å². The van der Waals surface area contributed by atoms with Gasteiger partial charge in [0.25, 0.3) is 0 Å². The number of allylic oxidation sites excluding steroid dienone is 3. The Labute approximate surface area is 208 Å². The number of ether oxygens (including phenoxy) is 2. The van der Waals surface area contributed by atoms with Gasteiger partial charge in [-0.25, -0.2) is 4.99 Å². The normalized spacial score (nSPS) is 20.9. The van der Waals surface area contributed by atoms with Gasteiger partial charge in [0.05, 0.1) is 37.3 Å². The predicted molar refractivity (Wildman–Crippen MR) is 135 cm³/mol. The highest BCUT2D eigenvalue weighted by atomic mass is 32.1. The molecule has 0 radical (unpaired) electrons. The molecule has 1 unspecified atom stereocenters. The molecule has 8 heteroatoms. The summed E-state index contributed by atoms with van der Waals surface area (Å²) in [6, 6.07) is 7.98. The van der Waals surface area contributed by atoms with Crippen LogP contribution in [0.5, 0.6) is 11.5 Å². The summed E-state index contributed by atoms with van der Waals surface area (Å²) in [5, 5.41) is 11.4. The van der Waals surface area contributed by atoms with Crippen molar-refractivity contribution >= 4 is 28.0 Å². The van der Waals surface area contributed by atoms with Crippen LogP contribution >= 0.6 is 11.3 Å². The van der Waals surface area contributed by atoms with E-state index in [9.17, 15) is 10.1 Å². The summed E-state index contributed by atoms with van der Waals surface area (Å²) in [4.78, 5) is 21.7. The molecule has 0 amide bonds. The number of Topliss-reactive ketones (excluding diaryl/α,β-unsaturated/α-hetero) is 1. The number of nitriles is 1. The van der Waals surface area contributed by atoms with Gasteiger partial charge in [-0.05, 0) is 61.8 Å². The van der Waals surface area contributed by atoms with Gasteiger partial charge < -0.3 is 15.2 Å². The molecule has 3 heterocycles. The molecule has 0 saturated heterocycles. The quantitative estimate of drug-likeness (QED) is 0.674. The molecule has 1 aromatic heterocycles. The van der Waals surface area contributed by atoms with Gasteiger partial charge in [-0.15, -0.1) is 11.3 Å². The first-order valence-corrected chi connectivity index (χ1v) is 12.8. The number of carbonyl (C=O) groups is 1. The Kier molecular flexibility index (Phi) is 5.19. The number of anilines is 1. The van der Waals surface area contributed by atoms with Crippen molar-refractivity contribution in [2.75, 3.05) is 19.1 Å². The summed E-state index contributed by atoms with van der Waals surface area (Å²) in [5.41, 5.74) is 11.7. The van der Waals surface area contributed by atoms with Gasteiger partial charge in [-0.1, -0.05) is 6.07 Å². The zero-order chi connectivity index (χ0) is 24.3. The maximum Gasteiger partial charge on any atom is 0.161 e. The molecular weight excluding hydrogens is 460 g/mol. The average Bonchev–Trinajstić information content (AvgIpc) is 3.27. The SMILES string of the molecule is COc1ccc(C2C(C#N)=C3N=C(N)c4c(sc5c4CCCC5)N3C3=C2C(=O)CCC3)cc1OC. The van der Waals surface area contributed by atoms with Gasteiger partial charge in [0, 0.05) is 22.6 Å². The lowest BCUT2D eigenvalue weighted by atomic mass is 9.75. The summed E-state index contributed by atoms with van der Waals surface area (Å²) in [6.07, 6.45) is 6.36. The number of thiophene rings is 1. The highest BCUT2D eigenvalue weighted by Crippen LogP contribution is 2.53. The molecular formula is C27H26N4O3S. The van der Waals surface area contributed by atoms with Crippen molar-refractivity contribution in [2.24, 2.45) is 10.7 Å². The van der Waals surface area contributed by atoms with Crippen molar-refractivity contribution in [2.45, 2.75) is 50.9 Å². The highest BCUT2D eigenvalue weighted by molar-refractivity contribution is 7.17. The van der Waals surface area contributed by atoms with E-state index < -0.39 is 5.92 Å². The molecule has 4 aliphatic rings. The summed E-state index contributed by atoms with van der Waals surface area (Å²) >= 11 is 1.74. The zero-order valence-corrected chi connectivity index (χ0v) is 20.6. The third kappa shape index (κ3) is 3.15. The smallest absolute Gasteiger partial charge is 0.161 e. The summed E-state index contributed by atoms with van der Waals surface area (Å²) in [5.74, 6) is 1.72. The molecule has 2 aliphatic heterocycles. The summed E-state index contributed by atoms with van der Waals surface area (Å²) in [6.45, 7) is 0. The topological polar surface area (TPSA) is 101 Å². The van der Waals surface area contributed by atoms with Gasteiger partial charge in [0.15, 0.2) is 23.1 Å². The van der Waals surface area contributed by atoms with Gasteiger partial charge in [0.1, 0.15) is 10.8 Å². The van der Waals surface area contributed by atoms with E-state index in [0.717, 1.165) is 53.9 Å². The maximum atomic E-state index is 13.5. The minimum Gasteiger partial charge on any atom is -0.493 e. The van der Waals surface area contributed by atoms with Crippen molar-refractivity contribution in [1.29, 1.82) is 5.26 Å². The molecule has 2 aromatic rings. The van der Waals surface area contributed by atoms with Crippen LogP contribution in [0.15, 0.2) is 45.9 Å². The lowest BCUT2D eigenvalue weighted by molar-refractivity contribution is -0.116. The first kappa shape index (κ1) is 21.9. The van der Waals surface area contributed by atoms with E-state index in [1.165, 1.54) is 16.9 Å². The first-order chi connectivity index (χ1) is 17.1. The monoisotopic (exact) mass is 486 g/mol. The number of methoxy groups -OCH3 is 2. The van der Waals surface area contributed by atoms with Crippen molar-refractivity contribution < 1.29 is 14.3 Å². The Hall–Kier alpha value is -3.57. The molecule has 1 aromatic carbocycles. The number of rotatable bonds is 3. The molecule has 35 heavy (non-hydrogen) atoms. The lowest BCUT2D eigenvalue weighted by Gasteiger charge is -2.41. The van der Waals surface area contributed by atoms with E-state index in [4.69, 9.17) is 20.2 Å². The largest absolute Gasteiger partial charge is 0.493 e. The number of ketones is 1. The fraction of sp³-hybridized carbons (Fsp3) is 0.370. The Balaban J connectivity index is 1.62. The van der Waals surface area contributed by atoms with Gasteiger partial charge in [-0.2, -0.15) is 5.26 Å². The third-order valence-corrected chi connectivity index (χ3v) is 8.71. The number of benzene rings is 1. The second-order valence-corrected chi connectivity index (χ2v) is 10.3. The number of nitrogens with zero attached hydrogens (tertiary/aromatic N) is 3. The number of nitrogens with two attached hydrogens (primary N) is 1. The van der Waals surface area contributed by atoms with Crippen LogP contribution in [-0.4, -0.2) is 25.8 Å². The van der Waals surface area contributed by atoms with Crippen LogP contribution in [0.2, 0.25) is 0 Å². The molecule has 0 saturated carbocycles. The van der Waals surface area contributed by atoms with Crippen LogP contribution < -0.4 is 20.1 Å². The molecule has 7 nitrogen and oxygen atoms in total. The fourth-order valence-electron chi connectivity index (χ4n) is 5.88. The number of fused-ring (bicyclic) bond motifs is 6. The molecule has 2 N–H and O–H groups in total. The zero-order valence-electron chi connectivity index (χ0n) is 19.8. The predicted octanol–water partition coefficient (Wildman–Crippen LogP) is 4.71. The second kappa shape index (κ2) is 8.28. The maximum absolute atomic E-state index is 13.5. The second-order valence-electron chi connectivity index (χ2n) is 9.26. The number of aliphatic imine (C=N–C) groups is 1. The molecule has 1 atom stereocenters. The molecule has 6 rings (SSSR count). The van der Waals surface area contributed by atoms with E-state index in [0.29, 0.717) is 40.7 Å². The Morgan fingerprint density at radius 1 is 1.11 bits per heavy atom. The molecule has 0 fully saturated rings. The van der Waals surface area contributed by atoms with Crippen molar-refractivity contribution in [1.82, 2.24) is 0 Å². The molecule has 0 spiro atoms. The Morgan fingerprint density at radius 2 is 1.91 bits per heavy atom. The van der Waals surface area contributed by atoms with Crippen molar-refractivity contribution in [3.8, 4) is 17.6 Å². The first-order valence-electron chi connectivity index (χ1n) is 12.0. The number of hydrogen-bond acceptors (Lipinski definition) is 8. The molecule has 2 aliphatic carbocycles. The highest BCUT2D eigenvalue weighted by Gasteiger charge is 2.44. The number of carbonyl (C=O) groups excluding carboxylic acids is 1. The minimum absolute atomic E-state index is 0.0863. The van der Waals surface area contributed by atoms with Crippen LogP contribution in [0.4, 0.5) is 5.00 Å². The Morgan fingerprint density at radius 3 is 2.69 bits per heavy atom. The Bertz CT molecular complexity index is 1410. The standard InChI is InChI=1S/C27H26N4O3S/c1-33-19-11-10-14(12-20(19)34-2)22-16(13-28)26-30-25(29)23-15-6-3-4-9-21(15)35-27(23)31(26)17-7-5-8-18(32)24(17)22/h10-12,22H,3-9H2,1-2H3,(H2,29,30). The van der Waals surface area contributed by atoms with E-state index in [1.807, 2.05) is 18.2 Å². The number of hydrogen-bond donors (Lipinski definition) is 1. The molecule has 178 valence electrons.